The summed E-state index contributed by atoms with van der Waals surface area (Å²) in [6.45, 7) is -0.250. The molecule has 0 aliphatic carbocycles. The molecule has 2 N–H and O–H groups in total. The minimum atomic E-state index is -0.125. The summed E-state index contributed by atoms with van der Waals surface area (Å²) >= 11 is 0. The number of hydrogen-bond acceptors (Lipinski definition) is 2. The summed E-state index contributed by atoms with van der Waals surface area (Å²) < 4.78 is 0. The van der Waals surface area contributed by atoms with Gasteiger partial charge in [-0.05, 0) is 0 Å². The number of rotatable bonds is 1. The topological polar surface area (TPSA) is 40.5 Å². The van der Waals surface area contributed by atoms with E-state index in [1.54, 1.807) is 0 Å². The van der Waals surface area contributed by atoms with Crippen LogP contribution in [0.15, 0.2) is 0 Å². The quantitative estimate of drug-likeness (QED) is 0.360. The minimum Gasteiger partial charge on any atom is -0.394 e. The van der Waals surface area contributed by atoms with Gasteiger partial charge in [-0.2, -0.15) is 0 Å². The molecule has 0 amide bonds. The lowest BCUT2D eigenvalue weighted by molar-refractivity contribution is 0.186. The molecule has 3 heteroatoms. The summed E-state index contributed by atoms with van der Waals surface area (Å²) in [4.78, 5) is 0. The van der Waals surface area contributed by atoms with Gasteiger partial charge in [0.25, 0.3) is 0 Å². The first-order chi connectivity index (χ1) is 1.91. The maximum Gasteiger partial charge on any atom is 0.187 e. The van der Waals surface area contributed by atoms with Gasteiger partial charge in [-0.1, -0.05) is 0 Å². The summed E-state index contributed by atoms with van der Waals surface area (Å²) in [6.07, 6.45) is 0. The average molecular weight is 92.1 g/mol. The molecule has 0 heterocycles. The Kier molecular flexibility index (Phi) is 16.0. The summed E-state index contributed by atoms with van der Waals surface area (Å²) in [5.74, 6) is 0. The lowest BCUT2D eigenvalue weighted by atomic mass is 10.8. The van der Waals surface area contributed by atoms with E-state index >= 15 is 0 Å². The van der Waals surface area contributed by atoms with Crippen molar-refractivity contribution in [2.75, 3.05) is 13.2 Å². The summed E-state index contributed by atoms with van der Waals surface area (Å²) in [6, 6.07) is 0. The predicted octanol–water partition coefficient (Wildman–Crippen LogP) is -2.21. The van der Waals surface area contributed by atoms with Gasteiger partial charge >= 0.3 is 0 Å². The fourth-order valence-electron chi connectivity index (χ4n) is 0. The van der Waals surface area contributed by atoms with E-state index in [9.17, 15) is 0 Å². The van der Waals surface area contributed by atoms with Crippen LogP contribution in [0.3, 0.4) is 0 Å². The molecule has 32 valence electrons. The molecule has 0 fully saturated rings. The number of hydrogen-bond donors (Lipinski definition) is 2. The van der Waals surface area contributed by atoms with Crippen LogP contribution in [-0.4, -0.2) is 40.8 Å². The van der Waals surface area contributed by atoms with E-state index in [2.05, 4.69) is 0 Å². The standard InChI is InChI=1S/C2H6O2.Al.3H/c3-1-2-4;;;;/h3-4H,1-2H2;;;;. The smallest absolute Gasteiger partial charge is 0.187 e. The average Bonchev–Trinajstić information content (AvgIpc) is 1.37. The van der Waals surface area contributed by atoms with Gasteiger partial charge in [0, 0.05) is 0 Å². The highest BCUT2D eigenvalue weighted by Gasteiger charge is 1.58. The number of aliphatic hydroxyl groups excluding tert-OH is 2. The van der Waals surface area contributed by atoms with Gasteiger partial charge in [-0.15, -0.1) is 0 Å². The molecule has 0 aromatic rings. The molecule has 0 aliphatic rings. The second-order valence-electron chi connectivity index (χ2n) is 0.447. The van der Waals surface area contributed by atoms with Gasteiger partial charge < -0.3 is 10.2 Å². The Morgan fingerprint density at radius 1 is 1.00 bits per heavy atom. The van der Waals surface area contributed by atoms with Crippen LogP contribution in [0.2, 0.25) is 0 Å². The van der Waals surface area contributed by atoms with E-state index in [0.29, 0.717) is 0 Å². The first-order valence-electron chi connectivity index (χ1n) is 1.13. The monoisotopic (exact) mass is 92.0 g/mol. The van der Waals surface area contributed by atoms with Crippen LogP contribution in [-0.2, 0) is 0 Å². The first kappa shape index (κ1) is 9.07. The van der Waals surface area contributed by atoms with Crippen molar-refractivity contribution in [1.82, 2.24) is 0 Å². The third-order valence-electron chi connectivity index (χ3n) is 0.1000. The van der Waals surface area contributed by atoms with Crippen molar-refractivity contribution in [3.05, 3.63) is 0 Å². The summed E-state index contributed by atoms with van der Waals surface area (Å²) in [5.41, 5.74) is 0. The van der Waals surface area contributed by atoms with Crippen LogP contribution in [0, 0.1) is 0 Å². The molecule has 0 spiro atoms. The molecule has 0 bridgehead atoms. The lowest BCUT2D eigenvalue weighted by Crippen LogP contribution is -1.85. The molecule has 0 aromatic heterocycles. The van der Waals surface area contributed by atoms with E-state index in [-0.39, 0.29) is 30.6 Å². The first-order valence-corrected chi connectivity index (χ1v) is 1.13. The highest BCUT2D eigenvalue weighted by atomic mass is 27.0. The Balaban J connectivity index is 0. The SMILES string of the molecule is OCCO.[AlH3]. The molecule has 0 aliphatic heterocycles. The van der Waals surface area contributed by atoms with Crippen LogP contribution < -0.4 is 0 Å². The summed E-state index contributed by atoms with van der Waals surface area (Å²) in [7, 11) is 0. The van der Waals surface area contributed by atoms with Crippen LogP contribution >= 0.6 is 0 Å². The molecule has 0 unspecified atom stereocenters. The predicted molar refractivity (Wildman–Crippen MR) is 24.1 cm³/mol. The van der Waals surface area contributed by atoms with Gasteiger partial charge in [0.1, 0.15) is 0 Å². The second-order valence-corrected chi connectivity index (χ2v) is 0.447. The van der Waals surface area contributed by atoms with Crippen molar-refractivity contribution in [2.24, 2.45) is 0 Å². The van der Waals surface area contributed by atoms with Gasteiger partial charge in [0.05, 0.1) is 13.2 Å². The van der Waals surface area contributed by atoms with E-state index in [0.717, 1.165) is 0 Å². The molecule has 5 heavy (non-hydrogen) atoms. The Morgan fingerprint density at radius 3 is 1.20 bits per heavy atom. The third-order valence-corrected chi connectivity index (χ3v) is 0.1000. The molecular formula is C2H9AlO2. The van der Waals surface area contributed by atoms with Crippen molar-refractivity contribution >= 4 is 17.4 Å². The second kappa shape index (κ2) is 8.82. The fraction of sp³-hybridized carbons (Fsp3) is 1.00. The Hall–Kier alpha value is 0.452. The van der Waals surface area contributed by atoms with E-state index < -0.39 is 0 Å². The molecule has 0 aromatic carbocycles. The van der Waals surface area contributed by atoms with E-state index in [1.165, 1.54) is 0 Å². The maximum atomic E-state index is 7.62. The largest absolute Gasteiger partial charge is 0.394 e. The normalized spacial score (nSPS) is 6.00. The molecule has 0 radical (unpaired) electrons. The highest BCUT2D eigenvalue weighted by Crippen LogP contribution is 1.39. The molecule has 0 saturated heterocycles. The number of aliphatic hydroxyl groups is 2. The maximum absolute atomic E-state index is 7.62. The van der Waals surface area contributed by atoms with Gasteiger partial charge in [-0.25, -0.2) is 0 Å². The fourth-order valence-corrected chi connectivity index (χ4v) is 0. The van der Waals surface area contributed by atoms with Crippen molar-refractivity contribution in [3.63, 3.8) is 0 Å². The van der Waals surface area contributed by atoms with Crippen molar-refractivity contribution in [1.29, 1.82) is 0 Å². The molecular weight excluding hydrogens is 83.0 g/mol. The van der Waals surface area contributed by atoms with Crippen LogP contribution in [0.25, 0.3) is 0 Å². The van der Waals surface area contributed by atoms with Crippen LogP contribution in [0.4, 0.5) is 0 Å². The van der Waals surface area contributed by atoms with Crippen LogP contribution in [0.1, 0.15) is 0 Å². The third kappa shape index (κ3) is 12.7. The lowest BCUT2D eigenvalue weighted by Gasteiger charge is -1.70. The Labute approximate surface area is 41.6 Å². The highest BCUT2D eigenvalue weighted by molar-refractivity contribution is 5.75. The Morgan fingerprint density at radius 2 is 1.20 bits per heavy atom. The van der Waals surface area contributed by atoms with E-state index in [1.807, 2.05) is 0 Å². The Bertz CT molecular complexity index is 9.61. The van der Waals surface area contributed by atoms with Crippen LogP contribution in [0.5, 0.6) is 0 Å². The van der Waals surface area contributed by atoms with Crippen molar-refractivity contribution in [2.45, 2.75) is 0 Å². The zero-order chi connectivity index (χ0) is 3.41. The zero-order valence-corrected chi connectivity index (χ0v) is 2.31. The van der Waals surface area contributed by atoms with Gasteiger partial charge in [0.15, 0.2) is 17.4 Å². The minimum absolute atomic E-state index is 0. The van der Waals surface area contributed by atoms with Gasteiger partial charge in [-0.3, -0.25) is 0 Å². The molecule has 0 saturated carbocycles. The van der Waals surface area contributed by atoms with Gasteiger partial charge in [0.2, 0.25) is 0 Å². The summed E-state index contributed by atoms with van der Waals surface area (Å²) in [5, 5.41) is 15.2. The van der Waals surface area contributed by atoms with Crippen molar-refractivity contribution in [3.8, 4) is 0 Å². The molecule has 0 rings (SSSR count). The van der Waals surface area contributed by atoms with Crippen molar-refractivity contribution < 1.29 is 10.2 Å². The molecule has 0 atom stereocenters. The molecule has 2 nitrogen and oxygen atoms in total. The zero-order valence-electron chi connectivity index (χ0n) is 2.31. The van der Waals surface area contributed by atoms with E-state index in [4.69, 9.17) is 10.2 Å².